The lowest BCUT2D eigenvalue weighted by molar-refractivity contribution is -0.173. The molecule has 0 saturated heterocycles. The van der Waals surface area contributed by atoms with Crippen LogP contribution < -0.4 is 10.6 Å². The Labute approximate surface area is 159 Å². The summed E-state index contributed by atoms with van der Waals surface area (Å²) in [6.07, 6.45) is -4.07. The molecule has 1 amide bonds. The van der Waals surface area contributed by atoms with Crippen LogP contribution in [0.4, 0.5) is 19.0 Å². The van der Waals surface area contributed by atoms with E-state index in [9.17, 15) is 18.0 Å². The second-order valence-electron chi connectivity index (χ2n) is 6.61. The molecule has 1 aromatic heterocycles. The Bertz CT molecular complexity index is 832. The summed E-state index contributed by atoms with van der Waals surface area (Å²) in [6.45, 7) is 4.16. The maximum atomic E-state index is 13.7. The van der Waals surface area contributed by atoms with Crippen LogP contribution in [-0.2, 0) is 0 Å². The van der Waals surface area contributed by atoms with Crippen molar-refractivity contribution in [3.63, 3.8) is 0 Å². The molecule has 0 spiro atoms. The summed E-state index contributed by atoms with van der Waals surface area (Å²) in [6, 6.07) is 4.80. The number of carbonyl (C=O) groups is 1. The lowest BCUT2D eigenvalue weighted by Gasteiger charge is -2.33. The Hall–Kier alpha value is -2.22. The molecule has 146 valence electrons. The molecule has 1 aromatic carbocycles. The number of alkyl halides is 3. The third kappa shape index (κ3) is 3.90. The number of fused-ring (bicyclic) bond motifs is 1. The lowest BCUT2D eigenvalue weighted by Crippen LogP contribution is -2.36. The topological polar surface area (TPSA) is 59.0 Å². The third-order valence-corrected chi connectivity index (χ3v) is 4.88. The first kappa shape index (κ1) is 19.5. The van der Waals surface area contributed by atoms with Gasteiger partial charge in [-0.2, -0.15) is 18.3 Å². The van der Waals surface area contributed by atoms with Gasteiger partial charge in [0.2, 0.25) is 0 Å². The van der Waals surface area contributed by atoms with Gasteiger partial charge in [-0.05, 0) is 18.9 Å². The highest BCUT2D eigenvalue weighted by Gasteiger charge is 2.47. The van der Waals surface area contributed by atoms with Gasteiger partial charge in [-0.1, -0.05) is 48.4 Å². The third-order valence-electron chi connectivity index (χ3n) is 4.53. The van der Waals surface area contributed by atoms with Crippen LogP contribution in [0, 0.1) is 6.92 Å². The largest absolute Gasteiger partial charge is 0.410 e. The molecular formula is C18H20ClF3N4O. The maximum absolute atomic E-state index is 13.7. The van der Waals surface area contributed by atoms with Crippen LogP contribution in [0.5, 0.6) is 0 Å². The van der Waals surface area contributed by atoms with Gasteiger partial charge in [-0.15, -0.1) is 0 Å². The van der Waals surface area contributed by atoms with Crippen molar-refractivity contribution < 1.29 is 18.0 Å². The highest BCUT2D eigenvalue weighted by molar-refractivity contribution is 6.36. The zero-order chi connectivity index (χ0) is 19.8. The van der Waals surface area contributed by atoms with E-state index in [-0.39, 0.29) is 23.0 Å². The minimum atomic E-state index is -4.52. The molecule has 2 aromatic rings. The van der Waals surface area contributed by atoms with Crippen molar-refractivity contribution in [2.75, 3.05) is 11.9 Å². The zero-order valence-electron chi connectivity index (χ0n) is 14.9. The number of anilines is 1. The quantitative estimate of drug-likeness (QED) is 0.785. The molecule has 9 heteroatoms. The fraction of sp³-hybridized carbons (Fsp3) is 0.444. The molecular weight excluding hydrogens is 381 g/mol. The first-order valence-corrected chi connectivity index (χ1v) is 9.06. The minimum absolute atomic E-state index is 0.0115. The molecule has 27 heavy (non-hydrogen) atoms. The SMILES string of the molecule is CCCNC(=O)c1nn2c(c1Cl)N[C@@H](c1ccc(C)cc1)C[C@@H]2C(F)(F)F. The van der Waals surface area contributed by atoms with Crippen molar-refractivity contribution in [1.29, 1.82) is 0 Å². The number of amides is 1. The number of nitrogens with one attached hydrogen (secondary N) is 2. The number of hydrogen-bond donors (Lipinski definition) is 2. The molecule has 0 unspecified atom stereocenters. The predicted molar refractivity (Wildman–Crippen MR) is 97.1 cm³/mol. The minimum Gasteiger partial charge on any atom is -0.362 e. The molecule has 2 heterocycles. The van der Waals surface area contributed by atoms with E-state index in [0.29, 0.717) is 13.0 Å². The Morgan fingerprint density at radius 1 is 1.37 bits per heavy atom. The number of rotatable bonds is 4. The maximum Gasteiger partial charge on any atom is 0.410 e. The molecule has 0 bridgehead atoms. The van der Waals surface area contributed by atoms with Gasteiger partial charge in [0, 0.05) is 13.0 Å². The van der Waals surface area contributed by atoms with Crippen molar-refractivity contribution in [3.8, 4) is 0 Å². The summed E-state index contributed by atoms with van der Waals surface area (Å²) in [7, 11) is 0. The van der Waals surface area contributed by atoms with E-state index in [1.54, 1.807) is 12.1 Å². The van der Waals surface area contributed by atoms with Crippen LogP contribution >= 0.6 is 11.6 Å². The van der Waals surface area contributed by atoms with Crippen LogP contribution in [-0.4, -0.2) is 28.4 Å². The van der Waals surface area contributed by atoms with Crippen molar-refractivity contribution in [3.05, 3.63) is 46.1 Å². The summed E-state index contributed by atoms with van der Waals surface area (Å²) in [5.41, 5.74) is 1.53. The van der Waals surface area contributed by atoms with E-state index >= 15 is 0 Å². The normalized spacial score (nSPS) is 19.3. The molecule has 1 aliphatic heterocycles. The molecule has 0 radical (unpaired) electrons. The average Bonchev–Trinajstić information content (AvgIpc) is 2.95. The van der Waals surface area contributed by atoms with Gasteiger partial charge in [0.25, 0.3) is 5.91 Å². The van der Waals surface area contributed by atoms with Crippen molar-refractivity contribution in [1.82, 2.24) is 15.1 Å². The second-order valence-corrected chi connectivity index (χ2v) is 6.99. The molecule has 3 rings (SSSR count). The molecule has 0 saturated carbocycles. The highest BCUT2D eigenvalue weighted by atomic mass is 35.5. The highest BCUT2D eigenvalue weighted by Crippen LogP contribution is 2.46. The van der Waals surface area contributed by atoms with Crippen LogP contribution in [0.3, 0.4) is 0 Å². The van der Waals surface area contributed by atoms with Gasteiger partial charge in [0.15, 0.2) is 11.7 Å². The first-order valence-electron chi connectivity index (χ1n) is 8.68. The summed E-state index contributed by atoms with van der Waals surface area (Å²) in [5, 5.41) is 9.40. The van der Waals surface area contributed by atoms with E-state index in [1.165, 1.54) is 0 Å². The van der Waals surface area contributed by atoms with E-state index < -0.39 is 24.2 Å². The summed E-state index contributed by atoms with van der Waals surface area (Å²) in [4.78, 5) is 12.2. The smallest absolute Gasteiger partial charge is 0.362 e. The molecule has 2 N–H and O–H groups in total. The number of benzene rings is 1. The van der Waals surface area contributed by atoms with E-state index in [1.807, 2.05) is 26.0 Å². The number of hydrogen-bond acceptors (Lipinski definition) is 3. The first-order chi connectivity index (χ1) is 12.7. The summed E-state index contributed by atoms with van der Waals surface area (Å²) >= 11 is 6.24. The Balaban J connectivity index is 2.01. The number of nitrogens with zero attached hydrogens (tertiary/aromatic N) is 2. The van der Waals surface area contributed by atoms with Crippen LogP contribution in [0.2, 0.25) is 5.02 Å². The fourth-order valence-corrected chi connectivity index (χ4v) is 3.34. The van der Waals surface area contributed by atoms with Gasteiger partial charge < -0.3 is 10.6 Å². The summed E-state index contributed by atoms with van der Waals surface area (Å²) in [5.74, 6) is -0.573. The number of carbonyl (C=O) groups excluding carboxylic acids is 1. The fourth-order valence-electron chi connectivity index (χ4n) is 3.07. The number of aryl methyl sites for hydroxylation is 1. The van der Waals surface area contributed by atoms with Gasteiger partial charge in [0.1, 0.15) is 10.8 Å². The van der Waals surface area contributed by atoms with Crippen molar-refractivity contribution in [2.45, 2.75) is 44.9 Å². The number of halogens is 4. The van der Waals surface area contributed by atoms with E-state index in [2.05, 4.69) is 15.7 Å². The molecule has 0 aliphatic carbocycles. The van der Waals surface area contributed by atoms with Crippen LogP contribution in [0.25, 0.3) is 0 Å². The second kappa shape index (κ2) is 7.42. The Morgan fingerprint density at radius 2 is 2.04 bits per heavy atom. The molecule has 0 fully saturated rings. The average molecular weight is 401 g/mol. The van der Waals surface area contributed by atoms with Gasteiger partial charge in [-0.25, -0.2) is 4.68 Å². The van der Waals surface area contributed by atoms with Gasteiger partial charge >= 0.3 is 6.18 Å². The van der Waals surface area contributed by atoms with E-state index in [4.69, 9.17) is 11.6 Å². The van der Waals surface area contributed by atoms with Crippen LogP contribution in [0.1, 0.15) is 53.5 Å². The van der Waals surface area contributed by atoms with Crippen LogP contribution in [0.15, 0.2) is 24.3 Å². The molecule has 1 aliphatic rings. The zero-order valence-corrected chi connectivity index (χ0v) is 15.7. The predicted octanol–water partition coefficient (Wildman–Crippen LogP) is 4.65. The number of aromatic nitrogens is 2. The summed E-state index contributed by atoms with van der Waals surface area (Å²) < 4.78 is 41.8. The Kier molecular flexibility index (Phi) is 5.37. The van der Waals surface area contributed by atoms with Gasteiger partial charge in [-0.3, -0.25) is 4.79 Å². The van der Waals surface area contributed by atoms with E-state index in [0.717, 1.165) is 15.8 Å². The van der Waals surface area contributed by atoms with Crippen molar-refractivity contribution >= 4 is 23.3 Å². The monoisotopic (exact) mass is 400 g/mol. The molecule has 2 atom stereocenters. The molecule has 5 nitrogen and oxygen atoms in total. The van der Waals surface area contributed by atoms with Gasteiger partial charge in [0.05, 0.1) is 6.04 Å². The van der Waals surface area contributed by atoms with Crippen molar-refractivity contribution in [2.24, 2.45) is 0 Å². The lowest BCUT2D eigenvalue weighted by atomic mass is 9.96. The standard InChI is InChI=1S/C18H20ClF3N4O/c1-3-8-23-17(27)15-14(19)16-24-12(11-6-4-10(2)5-7-11)9-13(18(20,21)22)26(16)25-15/h4-7,12-13,24H,3,8-9H2,1-2H3,(H,23,27)/t12-,13-/m1/s1. The Morgan fingerprint density at radius 3 is 2.63 bits per heavy atom.